The van der Waals surface area contributed by atoms with Gasteiger partial charge < -0.3 is 39.4 Å². The molecule has 0 aromatic carbocycles. The molecule has 11 heteroatoms. The fraction of sp³-hybridized carbons (Fsp3) is 0.588. The Kier molecular flexibility index (Phi) is 35.8. The zero-order valence-electron chi connectivity index (χ0n) is 37.6. The van der Waals surface area contributed by atoms with Crippen LogP contribution in [0.5, 0.6) is 0 Å². The van der Waals surface area contributed by atoms with Crippen LogP contribution in [0.25, 0.3) is 0 Å². The molecule has 0 aromatic rings. The van der Waals surface area contributed by atoms with Crippen molar-refractivity contribution < 1.29 is 53.8 Å². The first-order chi connectivity index (χ1) is 30.2. The molecular weight excluding hydrogens is 789 g/mol. The number of allylic oxidation sites excluding steroid dienone is 17. The molecular formula is C51H78O11. The lowest BCUT2D eigenvalue weighted by Crippen LogP contribution is -2.60. The number of carbonyl (C=O) groups excluding carboxylic acids is 2. The number of carboxylic acids is 1. The number of rotatable bonds is 36. The predicted octanol–water partition coefficient (Wildman–Crippen LogP) is 10.2. The Labute approximate surface area is 372 Å². The van der Waals surface area contributed by atoms with Gasteiger partial charge in [0.25, 0.3) is 0 Å². The largest absolute Gasteiger partial charge is 0.479 e. The molecule has 11 nitrogen and oxygen atoms in total. The van der Waals surface area contributed by atoms with Crippen molar-refractivity contribution in [3.63, 3.8) is 0 Å². The maximum Gasteiger partial charge on any atom is 0.335 e. The van der Waals surface area contributed by atoms with E-state index < -0.39 is 61.3 Å². The molecule has 1 aliphatic rings. The summed E-state index contributed by atoms with van der Waals surface area (Å²) < 4.78 is 21.6. The van der Waals surface area contributed by atoms with Crippen molar-refractivity contribution in [2.45, 2.75) is 179 Å². The third kappa shape index (κ3) is 30.8. The van der Waals surface area contributed by atoms with Crippen LogP contribution in [0.3, 0.4) is 0 Å². The molecule has 4 N–H and O–H groups in total. The first-order valence-electron chi connectivity index (χ1n) is 22.9. The highest BCUT2D eigenvalue weighted by molar-refractivity contribution is 5.73. The Morgan fingerprint density at radius 1 is 0.516 bits per heavy atom. The summed E-state index contributed by atoms with van der Waals surface area (Å²) in [6.45, 7) is 3.47. The Morgan fingerprint density at radius 3 is 1.44 bits per heavy atom. The highest BCUT2D eigenvalue weighted by atomic mass is 16.7. The van der Waals surface area contributed by atoms with Gasteiger partial charge in [-0.25, -0.2) is 4.79 Å². The van der Waals surface area contributed by atoms with Gasteiger partial charge in [-0.15, -0.1) is 0 Å². The van der Waals surface area contributed by atoms with Crippen LogP contribution in [-0.2, 0) is 33.3 Å². The van der Waals surface area contributed by atoms with Crippen LogP contribution in [-0.4, -0.2) is 88.4 Å². The number of hydrogen-bond donors (Lipinski definition) is 4. The molecule has 0 amide bonds. The van der Waals surface area contributed by atoms with E-state index in [1.165, 1.54) is 19.3 Å². The number of esters is 2. The molecule has 0 aromatic heterocycles. The summed E-state index contributed by atoms with van der Waals surface area (Å²) >= 11 is 0. The average molecular weight is 867 g/mol. The predicted molar refractivity (Wildman–Crippen MR) is 247 cm³/mol. The second-order valence-corrected chi connectivity index (χ2v) is 15.1. The van der Waals surface area contributed by atoms with Gasteiger partial charge in [-0.3, -0.25) is 9.59 Å². The molecule has 0 saturated carbocycles. The monoisotopic (exact) mass is 867 g/mol. The second kappa shape index (κ2) is 39.7. The van der Waals surface area contributed by atoms with Crippen molar-refractivity contribution in [2.24, 2.45) is 0 Å². The van der Waals surface area contributed by atoms with E-state index in [2.05, 4.69) is 98.9 Å². The minimum atomic E-state index is -1.88. The molecule has 1 rings (SSSR count). The Bertz CT molecular complexity index is 1440. The number of unbranched alkanes of at least 4 members (excludes halogenated alkanes) is 8. The summed E-state index contributed by atoms with van der Waals surface area (Å²) in [5.41, 5.74) is 0. The maximum absolute atomic E-state index is 12.8. The smallest absolute Gasteiger partial charge is 0.335 e. The number of aliphatic carboxylic acids is 1. The summed E-state index contributed by atoms with van der Waals surface area (Å²) in [5, 5.41) is 39.8. The van der Waals surface area contributed by atoms with E-state index >= 15 is 0 Å². The summed E-state index contributed by atoms with van der Waals surface area (Å²) in [6.07, 6.45) is 45.9. The van der Waals surface area contributed by atoms with E-state index in [0.29, 0.717) is 12.8 Å². The normalized spacial score (nSPS) is 20.6. The molecule has 0 spiro atoms. The molecule has 1 heterocycles. The molecule has 0 aliphatic carbocycles. The highest BCUT2D eigenvalue weighted by Crippen LogP contribution is 2.23. The Balaban J connectivity index is 2.41. The topological polar surface area (TPSA) is 169 Å². The lowest BCUT2D eigenvalue weighted by Gasteiger charge is -2.38. The van der Waals surface area contributed by atoms with Gasteiger partial charge in [0.05, 0.1) is 13.0 Å². The van der Waals surface area contributed by atoms with Crippen LogP contribution in [0.2, 0.25) is 0 Å². The van der Waals surface area contributed by atoms with Gasteiger partial charge in [0.15, 0.2) is 18.5 Å². The fourth-order valence-corrected chi connectivity index (χ4v) is 6.12. The third-order valence-corrected chi connectivity index (χ3v) is 9.65. The van der Waals surface area contributed by atoms with Gasteiger partial charge in [-0.1, -0.05) is 162 Å². The minimum absolute atomic E-state index is 0.00480. The molecule has 348 valence electrons. The number of ether oxygens (including phenoxy) is 4. The van der Waals surface area contributed by atoms with Gasteiger partial charge >= 0.3 is 17.9 Å². The number of aliphatic hydroxyl groups is 3. The van der Waals surface area contributed by atoms with Crippen LogP contribution < -0.4 is 0 Å². The van der Waals surface area contributed by atoms with Crippen molar-refractivity contribution in [2.75, 3.05) is 13.2 Å². The molecule has 1 saturated heterocycles. The van der Waals surface area contributed by atoms with Gasteiger partial charge in [0, 0.05) is 6.42 Å². The van der Waals surface area contributed by atoms with Gasteiger partial charge in [-0.05, 0) is 77.0 Å². The van der Waals surface area contributed by atoms with E-state index in [9.17, 15) is 34.8 Å². The number of carbonyl (C=O) groups is 3. The van der Waals surface area contributed by atoms with Crippen LogP contribution >= 0.6 is 0 Å². The molecule has 6 atom stereocenters. The van der Waals surface area contributed by atoms with Gasteiger partial charge in [0.1, 0.15) is 24.9 Å². The summed E-state index contributed by atoms with van der Waals surface area (Å²) in [5.74, 6) is -2.63. The second-order valence-electron chi connectivity index (χ2n) is 15.1. The molecule has 1 aliphatic heterocycles. The summed E-state index contributed by atoms with van der Waals surface area (Å²) in [7, 11) is 0. The van der Waals surface area contributed by atoms with Crippen molar-refractivity contribution in [1.29, 1.82) is 0 Å². The lowest BCUT2D eigenvalue weighted by molar-refractivity contribution is -0.298. The van der Waals surface area contributed by atoms with E-state index in [0.717, 1.165) is 83.5 Å². The molecule has 0 radical (unpaired) electrons. The van der Waals surface area contributed by atoms with Gasteiger partial charge in [-0.2, -0.15) is 0 Å². The minimum Gasteiger partial charge on any atom is -0.479 e. The first kappa shape index (κ1) is 55.9. The number of hydrogen-bond acceptors (Lipinski definition) is 10. The molecule has 0 bridgehead atoms. The molecule has 6 unspecified atom stereocenters. The van der Waals surface area contributed by atoms with Crippen molar-refractivity contribution in [3.05, 3.63) is 109 Å². The zero-order valence-corrected chi connectivity index (χ0v) is 37.6. The van der Waals surface area contributed by atoms with E-state index in [4.69, 9.17) is 18.9 Å². The Hall–Kier alpha value is -4.13. The number of carboxylic acid groups (broad SMARTS) is 1. The first-order valence-corrected chi connectivity index (χ1v) is 22.9. The fourth-order valence-electron chi connectivity index (χ4n) is 6.12. The van der Waals surface area contributed by atoms with Crippen LogP contribution in [0.15, 0.2) is 109 Å². The van der Waals surface area contributed by atoms with Crippen LogP contribution in [0.4, 0.5) is 0 Å². The van der Waals surface area contributed by atoms with Crippen molar-refractivity contribution >= 4 is 17.9 Å². The van der Waals surface area contributed by atoms with Crippen LogP contribution in [0, 0.1) is 0 Å². The van der Waals surface area contributed by atoms with Crippen molar-refractivity contribution in [3.8, 4) is 0 Å². The maximum atomic E-state index is 12.8. The quantitative estimate of drug-likeness (QED) is 0.0269. The third-order valence-electron chi connectivity index (χ3n) is 9.65. The standard InChI is InChI=1S/C51H78O11/c1-3-5-7-9-11-13-15-17-19-20-21-22-23-24-26-28-30-32-34-36-38-40-45(53)61-43(42-60-51-48(56)46(54)47(55)49(62-51)50(57)58)41-59-44(52)39-37-35-33-31-29-27-25-18-16-14-12-10-8-6-4-2/h5-8,11-14,17-19,21-22,25,29,31,35,37,43,46-49,51,54-56H,3-4,9-10,15-16,20,23-24,26-28,30,32-34,36,38-42H2,1-2H3,(H,57,58)/b7-5-,8-6-,13-11-,14-12-,19-17-,22-21-,25-18-,31-29-,37-35-. The average Bonchev–Trinajstić information content (AvgIpc) is 3.26. The lowest BCUT2D eigenvalue weighted by atomic mass is 9.99. The summed E-state index contributed by atoms with van der Waals surface area (Å²) in [6, 6.07) is 0. The van der Waals surface area contributed by atoms with E-state index in [-0.39, 0.29) is 19.4 Å². The number of aliphatic hydroxyl groups excluding tert-OH is 3. The highest BCUT2D eigenvalue weighted by Gasteiger charge is 2.47. The van der Waals surface area contributed by atoms with Crippen molar-refractivity contribution in [1.82, 2.24) is 0 Å². The van der Waals surface area contributed by atoms with E-state index in [1.807, 2.05) is 18.2 Å². The van der Waals surface area contributed by atoms with Gasteiger partial charge in [0.2, 0.25) is 0 Å². The summed E-state index contributed by atoms with van der Waals surface area (Å²) in [4.78, 5) is 36.8. The SMILES string of the molecule is CC/C=C\C/C=C\C/C=C\C/C=C\C/C=C\CC(=O)OCC(COC1OC(C(=O)O)C(O)C(O)C1O)OC(=O)CCCCCCCCCC/C=C\C/C=C\C/C=C\C/C=C\CC. The Morgan fingerprint density at radius 2 is 0.952 bits per heavy atom. The zero-order chi connectivity index (χ0) is 45.3. The molecule has 1 fully saturated rings. The van der Waals surface area contributed by atoms with Crippen LogP contribution in [0.1, 0.15) is 142 Å². The van der Waals surface area contributed by atoms with E-state index in [1.54, 1.807) is 6.08 Å². The molecule has 62 heavy (non-hydrogen) atoms.